The lowest BCUT2D eigenvalue weighted by Gasteiger charge is -2.38. The Hall–Kier alpha value is -3.84. The van der Waals surface area contributed by atoms with Gasteiger partial charge in [-0.05, 0) is 36.4 Å². The second-order valence-corrected chi connectivity index (χ2v) is 6.91. The molecule has 1 atom stereocenters. The van der Waals surface area contributed by atoms with Crippen molar-refractivity contribution in [1.82, 2.24) is 20.2 Å². The van der Waals surface area contributed by atoms with E-state index in [0.717, 1.165) is 42.3 Å². The molecule has 8 nitrogen and oxygen atoms in total. The Morgan fingerprint density at radius 2 is 1.29 bits per heavy atom. The molecule has 34 heavy (non-hydrogen) atoms. The third-order valence-corrected chi connectivity index (χ3v) is 4.64. The van der Waals surface area contributed by atoms with Crippen LogP contribution in [0.25, 0.3) is 0 Å². The molecule has 0 bridgehead atoms. The van der Waals surface area contributed by atoms with E-state index in [9.17, 15) is 31.1 Å². The molecule has 0 aliphatic heterocycles. The Balaban J connectivity index is 2.16. The molecular formula is C20H16F6N4O4. The first kappa shape index (κ1) is 24.8. The van der Waals surface area contributed by atoms with E-state index in [1.54, 1.807) is 0 Å². The molecule has 1 unspecified atom stereocenters. The van der Waals surface area contributed by atoms with Gasteiger partial charge in [0.05, 0.1) is 0 Å². The fourth-order valence-electron chi connectivity index (χ4n) is 3.40. The summed E-state index contributed by atoms with van der Waals surface area (Å²) in [4.78, 5) is 13.2. The number of rotatable bonds is 7. The Labute approximate surface area is 188 Å². The van der Waals surface area contributed by atoms with Crippen molar-refractivity contribution in [3.63, 3.8) is 0 Å². The lowest BCUT2D eigenvalue weighted by Crippen LogP contribution is -2.41. The predicted molar refractivity (Wildman–Crippen MR) is 101 cm³/mol. The number of hydrogen-bond donors (Lipinski definition) is 0. The summed E-state index contributed by atoms with van der Waals surface area (Å²) < 4.78 is 88.9. The number of aromatic nitrogens is 4. The summed E-state index contributed by atoms with van der Waals surface area (Å²) in [7, 11) is 0. The van der Waals surface area contributed by atoms with Crippen LogP contribution in [-0.4, -0.2) is 38.9 Å². The molecule has 0 saturated heterocycles. The van der Waals surface area contributed by atoms with Crippen LogP contribution in [0.2, 0.25) is 0 Å². The summed E-state index contributed by atoms with van der Waals surface area (Å²) in [5, 5.41) is 11.3. The second-order valence-electron chi connectivity index (χ2n) is 6.91. The predicted octanol–water partition coefficient (Wildman–Crippen LogP) is 4.54. The molecule has 0 spiro atoms. The normalized spacial score (nSPS) is 13.3. The van der Waals surface area contributed by atoms with Gasteiger partial charge in [0.2, 0.25) is 0 Å². The van der Waals surface area contributed by atoms with Crippen LogP contribution in [0.1, 0.15) is 31.0 Å². The summed E-state index contributed by atoms with van der Waals surface area (Å²) in [6, 6.07) is 7.94. The molecule has 1 aromatic heterocycles. The lowest BCUT2D eigenvalue weighted by atomic mass is 9.80. The molecule has 0 amide bonds. The van der Waals surface area contributed by atoms with Crippen molar-refractivity contribution >= 4 is 5.97 Å². The van der Waals surface area contributed by atoms with E-state index in [2.05, 4.69) is 24.9 Å². The maximum absolute atomic E-state index is 12.6. The largest absolute Gasteiger partial charge is 0.573 e. The van der Waals surface area contributed by atoms with E-state index >= 15 is 0 Å². The fraction of sp³-hybridized carbons (Fsp3) is 0.300. The van der Waals surface area contributed by atoms with Gasteiger partial charge in [0.25, 0.3) is 0 Å². The van der Waals surface area contributed by atoms with Crippen molar-refractivity contribution in [2.45, 2.75) is 38.2 Å². The monoisotopic (exact) mass is 490 g/mol. The van der Waals surface area contributed by atoms with Crippen molar-refractivity contribution in [3.8, 4) is 11.5 Å². The molecule has 0 aliphatic rings. The van der Waals surface area contributed by atoms with E-state index in [4.69, 9.17) is 4.74 Å². The number of alkyl halides is 6. The van der Waals surface area contributed by atoms with Crippen molar-refractivity contribution in [1.29, 1.82) is 0 Å². The molecule has 182 valence electrons. The Morgan fingerprint density at radius 1 is 0.853 bits per heavy atom. The second kappa shape index (κ2) is 9.19. The highest BCUT2D eigenvalue weighted by atomic mass is 19.4. The summed E-state index contributed by atoms with van der Waals surface area (Å²) in [5.74, 6) is -1.86. The Kier molecular flexibility index (Phi) is 6.70. The van der Waals surface area contributed by atoms with Gasteiger partial charge in [-0.3, -0.25) is 4.79 Å². The average molecular weight is 490 g/mol. The van der Waals surface area contributed by atoms with Crippen LogP contribution in [0.4, 0.5) is 26.3 Å². The van der Waals surface area contributed by atoms with E-state index in [0.29, 0.717) is 0 Å². The van der Waals surface area contributed by atoms with E-state index in [1.807, 2.05) is 0 Å². The van der Waals surface area contributed by atoms with Gasteiger partial charge in [0.1, 0.15) is 17.5 Å². The van der Waals surface area contributed by atoms with Crippen molar-refractivity contribution in [2.75, 3.05) is 0 Å². The van der Waals surface area contributed by atoms with E-state index in [-0.39, 0.29) is 11.1 Å². The highest BCUT2D eigenvalue weighted by molar-refractivity contribution is 5.68. The van der Waals surface area contributed by atoms with Gasteiger partial charge in [-0.25, -0.2) is 0 Å². The zero-order valence-electron chi connectivity index (χ0n) is 17.5. The smallest absolute Gasteiger partial charge is 0.447 e. The first-order valence-corrected chi connectivity index (χ1v) is 9.45. The highest BCUT2D eigenvalue weighted by Gasteiger charge is 2.46. The van der Waals surface area contributed by atoms with Gasteiger partial charge in [-0.2, -0.15) is 4.80 Å². The number of nitrogens with zero attached hydrogens (tertiary/aromatic N) is 4. The van der Waals surface area contributed by atoms with Crippen LogP contribution >= 0.6 is 0 Å². The van der Waals surface area contributed by atoms with Crippen LogP contribution < -0.4 is 9.47 Å². The molecular weight excluding hydrogens is 474 g/mol. The minimum Gasteiger partial charge on any atom is -0.447 e. The molecule has 0 saturated carbocycles. The van der Waals surface area contributed by atoms with Crippen molar-refractivity contribution < 1.29 is 45.3 Å². The van der Waals surface area contributed by atoms with Crippen LogP contribution in [0.15, 0.2) is 54.9 Å². The minimum absolute atomic E-state index is 0.159. The molecule has 14 heteroatoms. The molecule has 2 aromatic carbocycles. The number of carbonyl (C=O) groups is 1. The van der Waals surface area contributed by atoms with Crippen molar-refractivity contribution in [2.24, 2.45) is 0 Å². The van der Waals surface area contributed by atoms with Gasteiger partial charge in [-0.15, -0.1) is 36.5 Å². The highest BCUT2D eigenvalue weighted by Crippen LogP contribution is 2.44. The standard InChI is InChI=1S/C20H16F6N4O4/c1-12(30-28-11-27-29-30)18(32-13(2)31,14-3-7-16(8-4-14)33-19(21,22)23)15-5-9-17(10-6-15)34-20(24,25)26/h3-12H,1-2H3. The maximum Gasteiger partial charge on any atom is 0.573 e. The van der Waals surface area contributed by atoms with Gasteiger partial charge in [0, 0.05) is 18.1 Å². The SMILES string of the molecule is CC(=O)OC(c1ccc(OC(F)(F)F)cc1)(c1ccc(OC(F)(F)F)cc1)C(C)n1ncnn1. The third-order valence-electron chi connectivity index (χ3n) is 4.64. The number of carbonyl (C=O) groups excluding carboxylic acids is 1. The van der Waals surface area contributed by atoms with Crippen LogP contribution in [0.3, 0.4) is 0 Å². The first-order chi connectivity index (χ1) is 15.8. The van der Waals surface area contributed by atoms with Crippen LogP contribution in [0.5, 0.6) is 11.5 Å². The number of benzene rings is 2. The molecule has 3 rings (SSSR count). The molecule has 0 aliphatic carbocycles. The number of hydrogen-bond acceptors (Lipinski definition) is 7. The topological polar surface area (TPSA) is 88.4 Å². The van der Waals surface area contributed by atoms with Crippen LogP contribution in [-0.2, 0) is 15.1 Å². The number of ether oxygens (including phenoxy) is 3. The molecule has 0 N–H and O–H groups in total. The molecule has 1 heterocycles. The summed E-state index contributed by atoms with van der Waals surface area (Å²) in [5.41, 5.74) is -1.47. The minimum atomic E-state index is -4.93. The summed E-state index contributed by atoms with van der Waals surface area (Å²) in [6.45, 7) is 2.63. The number of esters is 1. The zero-order valence-corrected chi connectivity index (χ0v) is 17.5. The Morgan fingerprint density at radius 3 is 1.62 bits per heavy atom. The van der Waals surface area contributed by atoms with Crippen molar-refractivity contribution in [3.05, 3.63) is 66.0 Å². The summed E-state index contributed by atoms with van der Waals surface area (Å²) >= 11 is 0. The molecule has 0 fully saturated rings. The number of tetrazole rings is 1. The average Bonchev–Trinajstić information content (AvgIpc) is 3.25. The first-order valence-electron chi connectivity index (χ1n) is 9.45. The fourth-order valence-corrected chi connectivity index (χ4v) is 3.40. The van der Waals surface area contributed by atoms with E-state index < -0.39 is 41.8 Å². The van der Waals surface area contributed by atoms with Crippen LogP contribution in [0, 0.1) is 0 Å². The lowest BCUT2D eigenvalue weighted by molar-refractivity contribution is -0.275. The van der Waals surface area contributed by atoms with Gasteiger partial charge in [0.15, 0.2) is 11.9 Å². The third kappa shape index (κ3) is 5.74. The molecule has 0 radical (unpaired) electrons. The summed E-state index contributed by atoms with van der Waals surface area (Å²) in [6.07, 6.45) is -8.75. The van der Waals surface area contributed by atoms with E-state index in [1.165, 1.54) is 31.2 Å². The van der Waals surface area contributed by atoms with Gasteiger partial charge < -0.3 is 14.2 Å². The van der Waals surface area contributed by atoms with Gasteiger partial charge >= 0.3 is 18.7 Å². The number of halogens is 6. The van der Waals surface area contributed by atoms with Gasteiger partial charge in [-0.1, -0.05) is 24.3 Å². The zero-order chi connectivity index (χ0) is 25.1. The Bertz CT molecular complexity index is 1040. The molecule has 3 aromatic rings. The quantitative estimate of drug-likeness (QED) is 0.355. The maximum atomic E-state index is 12.6.